The normalized spacial score (nSPS) is 32.4. The standard InChI is InChI=1S/C40H66N2O3SSi/c1-25(2)28-22-32(26(3)4)37(33(23-28)27(5)6)46(43,44)42-41-36-17-16-34-31-15-14-29-24-30(45-47(12,13)38(7,8)9)18-20-39(29,10)35(31)19-21-40(34,36)11/h14,22-23,25-27,30-31,34-35,42H,15-21,24H2,1-13H3/b41-36+/t30-,31?,34?,35?,39-,40-/m0/s1. The molecule has 0 saturated heterocycles. The average molecular weight is 683 g/mol. The van der Waals surface area contributed by atoms with Crippen molar-refractivity contribution >= 4 is 24.1 Å². The Morgan fingerprint density at radius 2 is 1.47 bits per heavy atom. The molecule has 4 aliphatic rings. The smallest absolute Gasteiger partial charge is 0.277 e. The maximum Gasteiger partial charge on any atom is 0.277 e. The summed E-state index contributed by atoms with van der Waals surface area (Å²) in [5.41, 5.74) is 5.89. The minimum Gasteiger partial charge on any atom is -0.414 e. The zero-order valence-electron chi connectivity index (χ0n) is 32.0. The van der Waals surface area contributed by atoms with E-state index in [0.717, 1.165) is 55.4 Å². The predicted octanol–water partition coefficient (Wildman–Crippen LogP) is 11.0. The number of fused-ring (bicyclic) bond motifs is 5. The van der Waals surface area contributed by atoms with Crippen LogP contribution in [0.5, 0.6) is 0 Å². The van der Waals surface area contributed by atoms with Gasteiger partial charge in [-0.05, 0) is 127 Å². The molecule has 4 aliphatic carbocycles. The van der Waals surface area contributed by atoms with Gasteiger partial charge in [0.2, 0.25) is 0 Å². The van der Waals surface area contributed by atoms with E-state index in [-0.39, 0.29) is 27.7 Å². The molecule has 0 amide bonds. The van der Waals surface area contributed by atoms with E-state index in [1.807, 2.05) is 0 Å². The Morgan fingerprint density at radius 3 is 2.02 bits per heavy atom. The molecule has 6 atom stereocenters. The van der Waals surface area contributed by atoms with Crippen LogP contribution in [0.2, 0.25) is 18.1 Å². The molecule has 47 heavy (non-hydrogen) atoms. The Hall–Kier alpha value is -1.44. The fourth-order valence-corrected chi connectivity index (χ4v) is 12.6. The molecule has 0 radical (unpaired) electrons. The molecule has 1 aromatic rings. The Bertz CT molecular complexity index is 1490. The first kappa shape index (κ1) is 36.8. The van der Waals surface area contributed by atoms with Crippen LogP contribution in [-0.4, -0.2) is 28.6 Å². The Kier molecular flexibility index (Phi) is 9.96. The second kappa shape index (κ2) is 12.7. The summed E-state index contributed by atoms with van der Waals surface area (Å²) in [6.07, 6.45) is 11.8. The van der Waals surface area contributed by atoms with E-state index in [9.17, 15) is 8.42 Å². The highest BCUT2D eigenvalue weighted by Gasteiger charge is 2.58. The minimum absolute atomic E-state index is 0.0582. The highest BCUT2D eigenvalue weighted by Crippen LogP contribution is 2.64. The molecule has 0 heterocycles. The lowest BCUT2D eigenvalue weighted by Crippen LogP contribution is -2.52. The van der Waals surface area contributed by atoms with Crippen LogP contribution in [0.15, 0.2) is 33.8 Å². The van der Waals surface area contributed by atoms with E-state index < -0.39 is 18.3 Å². The molecule has 5 nitrogen and oxygen atoms in total. The fraction of sp³-hybridized carbons (Fsp3) is 0.775. The second-order valence-electron chi connectivity index (χ2n) is 18.6. The Balaban J connectivity index is 1.38. The summed E-state index contributed by atoms with van der Waals surface area (Å²) in [5.74, 6) is 2.38. The first-order valence-electron chi connectivity index (χ1n) is 18.8. The zero-order chi connectivity index (χ0) is 34.9. The topological polar surface area (TPSA) is 67.8 Å². The maximum atomic E-state index is 14.1. The molecular formula is C40H66N2O3SSi. The number of allylic oxidation sites excluding steroid dienone is 1. The molecule has 0 spiro atoms. The van der Waals surface area contributed by atoms with Crippen molar-refractivity contribution in [2.45, 2.75) is 174 Å². The Labute approximate surface area is 289 Å². The number of rotatable bonds is 8. The minimum atomic E-state index is -3.84. The summed E-state index contributed by atoms with van der Waals surface area (Å²) < 4.78 is 35.2. The van der Waals surface area contributed by atoms with E-state index in [1.165, 1.54) is 18.4 Å². The number of benzene rings is 1. The number of hydrogen-bond donors (Lipinski definition) is 1. The number of sulfonamides is 1. The molecular weight excluding hydrogens is 617 g/mol. The number of nitrogens with one attached hydrogen (secondary N) is 1. The molecule has 3 saturated carbocycles. The SMILES string of the molecule is CC(C)c1cc(C(C)C)c(S(=O)(=O)N/N=C2\CCC3C4CC=C5C[C@@H](O[Si](C)(C)C(C)(C)C)CC[C@]5(C)C4CC[C@]23C)c(C(C)C)c1. The number of hydrogen-bond acceptors (Lipinski definition) is 4. The quantitative estimate of drug-likeness (QED) is 0.169. The first-order chi connectivity index (χ1) is 21.6. The van der Waals surface area contributed by atoms with Crippen molar-refractivity contribution in [2.75, 3.05) is 0 Å². The van der Waals surface area contributed by atoms with E-state index in [4.69, 9.17) is 9.53 Å². The molecule has 5 rings (SSSR count). The molecule has 1 aromatic carbocycles. The highest BCUT2D eigenvalue weighted by atomic mass is 32.2. The van der Waals surface area contributed by atoms with Crippen molar-refractivity contribution in [3.05, 3.63) is 40.5 Å². The van der Waals surface area contributed by atoms with Gasteiger partial charge < -0.3 is 4.43 Å². The third kappa shape index (κ3) is 6.60. The molecule has 0 bridgehead atoms. The third-order valence-corrected chi connectivity index (χ3v) is 19.6. The summed E-state index contributed by atoms with van der Waals surface area (Å²) in [6, 6.07) is 4.21. The van der Waals surface area contributed by atoms with Gasteiger partial charge in [0.1, 0.15) is 0 Å². The van der Waals surface area contributed by atoms with Gasteiger partial charge in [-0.15, -0.1) is 0 Å². The van der Waals surface area contributed by atoms with Gasteiger partial charge in [-0.3, -0.25) is 0 Å². The van der Waals surface area contributed by atoms with Crippen molar-refractivity contribution in [1.29, 1.82) is 0 Å². The number of hydrazone groups is 1. The van der Waals surface area contributed by atoms with Gasteiger partial charge in [-0.25, -0.2) is 4.83 Å². The van der Waals surface area contributed by atoms with Gasteiger partial charge >= 0.3 is 0 Å². The van der Waals surface area contributed by atoms with Crippen LogP contribution in [-0.2, 0) is 14.4 Å². The average Bonchev–Trinajstić information content (AvgIpc) is 3.31. The lowest BCUT2D eigenvalue weighted by Gasteiger charge is -2.57. The van der Waals surface area contributed by atoms with Crippen LogP contribution in [0.25, 0.3) is 0 Å². The monoisotopic (exact) mass is 682 g/mol. The van der Waals surface area contributed by atoms with Crippen molar-refractivity contribution < 1.29 is 12.8 Å². The molecule has 3 fully saturated rings. The van der Waals surface area contributed by atoms with Crippen molar-refractivity contribution in [3.63, 3.8) is 0 Å². The van der Waals surface area contributed by atoms with Gasteiger partial charge in [0.05, 0.1) is 4.90 Å². The highest BCUT2D eigenvalue weighted by molar-refractivity contribution is 7.89. The van der Waals surface area contributed by atoms with Gasteiger partial charge in [-0.2, -0.15) is 13.5 Å². The molecule has 3 unspecified atom stereocenters. The largest absolute Gasteiger partial charge is 0.414 e. The first-order valence-corrected chi connectivity index (χ1v) is 23.2. The van der Waals surface area contributed by atoms with Crippen molar-refractivity contribution in [3.8, 4) is 0 Å². The van der Waals surface area contributed by atoms with Crippen LogP contribution < -0.4 is 4.83 Å². The van der Waals surface area contributed by atoms with E-state index in [0.29, 0.717) is 34.7 Å². The number of nitrogens with zero attached hydrogens (tertiary/aromatic N) is 1. The summed E-state index contributed by atoms with van der Waals surface area (Å²) in [4.78, 5) is 3.25. The maximum absolute atomic E-state index is 14.1. The van der Waals surface area contributed by atoms with Gasteiger partial charge in [-0.1, -0.05) is 99.9 Å². The van der Waals surface area contributed by atoms with E-state index in [1.54, 1.807) is 5.57 Å². The predicted molar refractivity (Wildman–Crippen MR) is 200 cm³/mol. The van der Waals surface area contributed by atoms with Gasteiger partial charge in [0, 0.05) is 17.2 Å². The van der Waals surface area contributed by atoms with E-state index in [2.05, 4.69) is 112 Å². The van der Waals surface area contributed by atoms with Crippen molar-refractivity contribution in [2.24, 2.45) is 33.7 Å². The van der Waals surface area contributed by atoms with Crippen LogP contribution in [0.3, 0.4) is 0 Å². The fourth-order valence-electron chi connectivity index (χ4n) is 9.65. The second-order valence-corrected chi connectivity index (χ2v) is 25.0. The lowest BCUT2D eigenvalue weighted by molar-refractivity contribution is -0.0194. The molecule has 0 aliphatic heterocycles. The van der Waals surface area contributed by atoms with Crippen LogP contribution in [0.4, 0.5) is 0 Å². The van der Waals surface area contributed by atoms with E-state index >= 15 is 0 Å². The summed E-state index contributed by atoms with van der Waals surface area (Å²) >= 11 is 0. The lowest BCUT2D eigenvalue weighted by atomic mass is 9.48. The molecule has 264 valence electrons. The van der Waals surface area contributed by atoms with Crippen LogP contribution in [0, 0.1) is 28.6 Å². The summed E-state index contributed by atoms with van der Waals surface area (Å²) in [7, 11) is -5.64. The molecule has 7 heteroatoms. The molecule has 0 aromatic heterocycles. The van der Waals surface area contributed by atoms with Crippen LogP contribution >= 0.6 is 0 Å². The molecule has 1 N–H and O–H groups in total. The van der Waals surface area contributed by atoms with Gasteiger partial charge in [0.15, 0.2) is 8.32 Å². The van der Waals surface area contributed by atoms with Crippen molar-refractivity contribution in [1.82, 2.24) is 4.83 Å². The summed E-state index contributed by atoms with van der Waals surface area (Å²) in [6.45, 7) is 29.5. The summed E-state index contributed by atoms with van der Waals surface area (Å²) in [5, 5.41) is 5.07. The van der Waals surface area contributed by atoms with Gasteiger partial charge in [0.25, 0.3) is 10.0 Å². The Morgan fingerprint density at radius 1 is 0.894 bits per heavy atom. The van der Waals surface area contributed by atoms with Crippen LogP contribution in [0.1, 0.15) is 162 Å². The zero-order valence-corrected chi connectivity index (χ0v) is 33.8. The third-order valence-electron chi connectivity index (χ3n) is 13.7.